The molecule has 3 aromatic rings. The van der Waals surface area contributed by atoms with E-state index in [9.17, 15) is 19.1 Å². The Kier molecular flexibility index (Phi) is 6.69. The van der Waals surface area contributed by atoms with Crippen LogP contribution in [0.2, 0.25) is 0 Å². The maximum Gasteiger partial charge on any atom is 0.326 e. The van der Waals surface area contributed by atoms with Crippen LogP contribution in [0.15, 0.2) is 47.3 Å². The number of primary amides is 1. The Morgan fingerprint density at radius 1 is 1.25 bits per heavy atom. The molecule has 1 saturated heterocycles. The average Bonchev–Trinajstić information content (AvgIpc) is 3.09. The smallest absolute Gasteiger partial charge is 0.326 e. The van der Waals surface area contributed by atoms with Crippen molar-refractivity contribution in [2.24, 2.45) is 5.73 Å². The molecule has 9 heteroatoms. The van der Waals surface area contributed by atoms with E-state index in [-0.39, 0.29) is 30.8 Å². The van der Waals surface area contributed by atoms with E-state index in [1.165, 1.54) is 12.1 Å². The van der Waals surface area contributed by atoms with Gasteiger partial charge in [0.25, 0.3) is 0 Å². The topological polar surface area (TPSA) is 114 Å². The van der Waals surface area contributed by atoms with Crippen LogP contribution in [0, 0.1) is 5.82 Å². The highest BCUT2D eigenvalue weighted by Crippen LogP contribution is 2.25. The number of aromatic amines is 1. The second kappa shape index (κ2) is 9.64. The molecule has 1 aromatic heterocycles. The van der Waals surface area contributed by atoms with E-state index < -0.39 is 12.0 Å². The Hall–Kier alpha value is -3.01. The molecule has 1 unspecified atom stereocenters. The Labute approximate surface area is 184 Å². The van der Waals surface area contributed by atoms with Crippen LogP contribution >= 0.6 is 0 Å². The van der Waals surface area contributed by atoms with Crippen LogP contribution in [0.4, 0.5) is 4.39 Å². The molecule has 0 spiro atoms. The van der Waals surface area contributed by atoms with E-state index in [2.05, 4.69) is 9.88 Å². The second-order valence-electron chi connectivity index (χ2n) is 8.18. The van der Waals surface area contributed by atoms with Crippen molar-refractivity contribution in [1.29, 1.82) is 0 Å². The molecule has 4 rings (SSSR count). The minimum atomic E-state index is -0.675. The molecule has 0 aliphatic carbocycles. The first-order valence-electron chi connectivity index (χ1n) is 10.7. The predicted octanol–water partition coefficient (Wildman–Crippen LogP) is 1.78. The fourth-order valence-corrected chi connectivity index (χ4v) is 4.37. The SMILES string of the molecule is NC(=O)c1ccccc1COCC(O)CN1CCC(n2c(=O)[nH]c3cc(F)ccc32)CC1. The van der Waals surface area contributed by atoms with Gasteiger partial charge in [0, 0.05) is 31.2 Å². The normalized spacial score (nSPS) is 16.4. The number of piperidine rings is 1. The van der Waals surface area contributed by atoms with Crippen molar-refractivity contribution in [3.63, 3.8) is 0 Å². The maximum atomic E-state index is 13.4. The molecule has 4 N–H and O–H groups in total. The zero-order chi connectivity index (χ0) is 22.7. The molecule has 0 radical (unpaired) electrons. The number of hydrogen-bond acceptors (Lipinski definition) is 5. The summed E-state index contributed by atoms with van der Waals surface area (Å²) < 4.78 is 20.8. The van der Waals surface area contributed by atoms with Crippen molar-refractivity contribution < 1.29 is 19.0 Å². The van der Waals surface area contributed by atoms with Crippen molar-refractivity contribution >= 4 is 16.9 Å². The van der Waals surface area contributed by atoms with Crippen molar-refractivity contribution in [2.75, 3.05) is 26.2 Å². The van der Waals surface area contributed by atoms with Crippen molar-refractivity contribution in [1.82, 2.24) is 14.5 Å². The number of carbonyl (C=O) groups is 1. The first kappa shape index (κ1) is 22.2. The van der Waals surface area contributed by atoms with E-state index >= 15 is 0 Å². The molecule has 8 nitrogen and oxygen atoms in total. The van der Waals surface area contributed by atoms with Gasteiger partial charge in [-0.05, 0) is 42.7 Å². The van der Waals surface area contributed by atoms with Gasteiger partial charge in [0.1, 0.15) is 5.82 Å². The third-order valence-corrected chi connectivity index (χ3v) is 5.92. The van der Waals surface area contributed by atoms with Crippen molar-refractivity contribution in [2.45, 2.75) is 31.6 Å². The number of benzene rings is 2. The van der Waals surface area contributed by atoms with E-state index in [1.807, 2.05) is 0 Å². The quantitative estimate of drug-likeness (QED) is 0.492. The summed E-state index contributed by atoms with van der Waals surface area (Å²) in [6, 6.07) is 11.3. The number of ether oxygens (including phenoxy) is 1. The number of nitrogens with two attached hydrogens (primary N) is 1. The minimum Gasteiger partial charge on any atom is -0.389 e. The highest BCUT2D eigenvalue weighted by atomic mass is 19.1. The molecular formula is C23H27FN4O4. The zero-order valence-corrected chi connectivity index (χ0v) is 17.7. The zero-order valence-electron chi connectivity index (χ0n) is 17.7. The number of nitrogens with one attached hydrogen (secondary N) is 1. The van der Waals surface area contributed by atoms with Crippen LogP contribution in [0.1, 0.15) is 34.8 Å². The number of halogens is 1. The third kappa shape index (κ3) is 4.90. The van der Waals surface area contributed by atoms with Gasteiger partial charge in [-0.3, -0.25) is 9.36 Å². The predicted molar refractivity (Wildman–Crippen MR) is 118 cm³/mol. The molecule has 1 fully saturated rings. The molecule has 2 aromatic carbocycles. The summed E-state index contributed by atoms with van der Waals surface area (Å²) in [5.74, 6) is -0.887. The van der Waals surface area contributed by atoms with Gasteiger partial charge in [-0.1, -0.05) is 18.2 Å². The lowest BCUT2D eigenvalue weighted by Crippen LogP contribution is -2.41. The number of aromatic nitrogens is 2. The molecule has 170 valence electrons. The van der Waals surface area contributed by atoms with Crippen LogP contribution in [0.5, 0.6) is 0 Å². The summed E-state index contributed by atoms with van der Waals surface area (Å²) >= 11 is 0. The molecule has 0 saturated carbocycles. The third-order valence-electron chi connectivity index (χ3n) is 5.92. The number of aliphatic hydroxyl groups is 1. The van der Waals surface area contributed by atoms with Gasteiger partial charge in [-0.2, -0.15) is 0 Å². The van der Waals surface area contributed by atoms with Crippen LogP contribution in [-0.2, 0) is 11.3 Å². The van der Waals surface area contributed by atoms with Gasteiger partial charge in [-0.25, -0.2) is 9.18 Å². The lowest BCUT2D eigenvalue weighted by Gasteiger charge is -2.33. The average molecular weight is 442 g/mol. The summed E-state index contributed by atoms with van der Waals surface area (Å²) in [4.78, 5) is 28.7. The van der Waals surface area contributed by atoms with E-state index in [4.69, 9.17) is 10.5 Å². The highest BCUT2D eigenvalue weighted by Gasteiger charge is 2.25. The van der Waals surface area contributed by atoms with E-state index in [0.717, 1.165) is 25.9 Å². The molecule has 1 amide bonds. The Bertz CT molecular complexity index is 1150. The Morgan fingerprint density at radius 3 is 2.75 bits per heavy atom. The number of nitrogens with zero attached hydrogens (tertiary/aromatic N) is 2. The molecular weight excluding hydrogens is 415 g/mol. The largest absolute Gasteiger partial charge is 0.389 e. The second-order valence-corrected chi connectivity index (χ2v) is 8.18. The van der Waals surface area contributed by atoms with E-state index in [0.29, 0.717) is 28.7 Å². The number of H-pyrrole nitrogens is 1. The van der Waals surface area contributed by atoms with Crippen molar-refractivity contribution in [3.05, 3.63) is 69.9 Å². The minimum absolute atomic E-state index is 0.0247. The van der Waals surface area contributed by atoms with Gasteiger partial charge in [-0.15, -0.1) is 0 Å². The van der Waals surface area contributed by atoms with Crippen molar-refractivity contribution in [3.8, 4) is 0 Å². The molecule has 2 heterocycles. The number of carbonyl (C=O) groups excluding carboxylic acids is 1. The fourth-order valence-electron chi connectivity index (χ4n) is 4.37. The van der Waals surface area contributed by atoms with Gasteiger partial charge in [0.2, 0.25) is 5.91 Å². The molecule has 32 heavy (non-hydrogen) atoms. The molecule has 1 aliphatic rings. The standard InChI is InChI=1S/C23H27FN4O4/c24-16-5-6-21-20(11-16)26-23(31)28(21)17-7-9-27(10-8-17)12-18(29)14-32-13-15-3-1-2-4-19(15)22(25)30/h1-6,11,17-18,29H,7-10,12-14H2,(H2,25,30)(H,26,31). The monoisotopic (exact) mass is 442 g/mol. The Balaban J connectivity index is 1.27. The summed E-state index contributed by atoms with van der Waals surface area (Å²) in [6.45, 7) is 2.25. The number of β-amino-alcohol motifs (C(OH)–C–C–N with tert-alkyl or cyclic N) is 1. The first-order chi connectivity index (χ1) is 15.4. The number of amides is 1. The van der Waals surface area contributed by atoms with Gasteiger partial charge < -0.3 is 25.5 Å². The number of fused-ring (bicyclic) bond motifs is 1. The number of likely N-dealkylation sites (tertiary alicyclic amines) is 1. The van der Waals surface area contributed by atoms with Gasteiger partial charge in [0.05, 0.1) is 30.4 Å². The Morgan fingerprint density at radius 2 is 2.00 bits per heavy atom. The van der Waals surface area contributed by atoms with Crippen LogP contribution in [0.25, 0.3) is 11.0 Å². The number of hydrogen-bond donors (Lipinski definition) is 3. The summed E-state index contributed by atoms with van der Waals surface area (Å²) in [7, 11) is 0. The summed E-state index contributed by atoms with van der Waals surface area (Å²) in [5.41, 5.74) is 7.46. The molecule has 1 atom stereocenters. The number of imidazole rings is 1. The molecule has 1 aliphatic heterocycles. The fraction of sp³-hybridized carbons (Fsp3) is 0.391. The first-order valence-corrected chi connectivity index (χ1v) is 10.7. The molecule has 0 bridgehead atoms. The van der Waals surface area contributed by atoms with Gasteiger partial charge in [0.15, 0.2) is 0 Å². The summed E-state index contributed by atoms with van der Waals surface area (Å²) in [5, 5.41) is 10.4. The van der Waals surface area contributed by atoms with E-state index in [1.54, 1.807) is 34.9 Å². The summed E-state index contributed by atoms with van der Waals surface area (Å²) in [6.07, 6.45) is 0.833. The lowest BCUT2D eigenvalue weighted by molar-refractivity contribution is 0.00476. The van der Waals surface area contributed by atoms with Crippen LogP contribution in [-0.4, -0.2) is 57.8 Å². The number of aliphatic hydroxyl groups excluding tert-OH is 1. The highest BCUT2D eigenvalue weighted by molar-refractivity contribution is 5.94. The lowest BCUT2D eigenvalue weighted by atomic mass is 10.0. The van der Waals surface area contributed by atoms with Crippen LogP contribution < -0.4 is 11.4 Å². The van der Waals surface area contributed by atoms with Gasteiger partial charge >= 0.3 is 5.69 Å². The maximum absolute atomic E-state index is 13.4. The van der Waals surface area contributed by atoms with Crippen LogP contribution in [0.3, 0.4) is 0 Å². The number of rotatable bonds is 8.